The Labute approximate surface area is 171 Å². The van der Waals surface area contributed by atoms with E-state index in [2.05, 4.69) is 0 Å². The lowest BCUT2D eigenvalue weighted by molar-refractivity contribution is -0.165. The summed E-state index contributed by atoms with van der Waals surface area (Å²) in [4.78, 5) is 26.1. The van der Waals surface area contributed by atoms with Crippen LogP contribution in [0.3, 0.4) is 0 Å². The van der Waals surface area contributed by atoms with Crippen molar-refractivity contribution in [3.05, 3.63) is 71.0 Å². The van der Waals surface area contributed by atoms with Crippen LogP contribution in [-0.2, 0) is 22.4 Å². The third-order valence-corrected chi connectivity index (χ3v) is 5.59. The normalized spacial score (nSPS) is 21.5. The number of aryl methyl sites for hydroxylation is 1. The number of hydrogen-bond donors (Lipinski definition) is 2. The molecule has 8 heteroatoms. The van der Waals surface area contributed by atoms with Gasteiger partial charge in [-0.3, -0.25) is 9.59 Å². The van der Waals surface area contributed by atoms with Crippen molar-refractivity contribution >= 4 is 11.9 Å². The van der Waals surface area contributed by atoms with Gasteiger partial charge in [-0.2, -0.15) is 0 Å². The van der Waals surface area contributed by atoms with Gasteiger partial charge in [0.2, 0.25) is 5.91 Å². The Morgan fingerprint density at radius 2 is 1.83 bits per heavy atom. The smallest absolute Gasteiger partial charge is 0.314 e. The molecule has 2 N–H and O–H groups in total. The first-order chi connectivity index (χ1) is 14.2. The van der Waals surface area contributed by atoms with Gasteiger partial charge in [-0.25, -0.2) is 13.2 Å². The molecule has 0 radical (unpaired) electrons. The summed E-state index contributed by atoms with van der Waals surface area (Å²) in [5.41, 5.74) is -1.09. The van der Waals surface area contributed by atoms with Gasteiger partial charge >= 0.3 is 5.97 Å². The molecule has 5 nitrogen and oxygen atoms in total. The van der Waals surface area contributed by atoms with Gasteiger partial charge in [-0.15, -0.1) is 0 Å². The molecule has 1 aliphatic heterocycles. The SMILES string of the molecule is O=C(CCc1ccc(F)cc1F)N1CC[C@@H](O)[C@](Cc2cccc(F)c2)(C(=O)O)C1. The van der Waals surface area contributed by atoms with Crippen LogP contribution in [0, 0.1) is 22.9 Å². The van der Waals surface area contributed by atoms with Crippen LogP contribution in [0.5, 0.6) is 0 Å². The maximum Gasteiger partial charge on any atom is 0.314 e. The highest BCUT2D eigenvalue weighted by atomic mass is 19.1. The number of aliphatic hydroxyl groups excluding tert-OH is 1. The fourth-order valence-electron chi connectivity index (χ4n) is 3.89. The molecule has 1 heterocycles. The lowest BCUT2D eigenvalue weighted by Crippen LogP contribution is -2.58. The number of aliphatic carboxylic acids is 1. The zero-order valence-electron chi connectivity index (χ0n) is 16.2. The van der Waals surface area contributed by atoms with Crippen LogP contribution in [0.25, 0.3) is 0 Å². The van der Waals surface area contributed by atoms with Crippen LogP contribution < -0.4 is 0 Å². The van der Waals surface area contributed by atoms with Crippen LogP contribution in [0.4, 0.5) is 13.2 Å². The van der Waals surface area contributed by atoms with Gasteiger partial charge < -0.3 is 15.1 Å². The van der Waals surface area contributed by atoms with Gasteiger partial charge in [0.05, 0.1) is 6.10 Å². The summed E-state index contributed by atoms with van der Waals surface area (Å²) in [6, 6.07) is 8.58. The van der Waals surface area contributed by atoms with Crippen LogP contribution in [0.1, 0.15) is 24.0 Å². The van der Waals surface area contributed by atoms with Crippen LogP contribution in [0.2, 0.25) is 0 Å². The van der Waals surface area contributed by atoms with Crippen LogP contribution >= 0.6 is 0 Å². The van der Waals surface area contributed by atoms with E-state index < -0.39 is 40.8 Å². The maximum atomic E-state index is 13.8. The molecule has 2 aromatic carbocycles. The van der Waals surface area contributed by atoms with Crippen molar-refractivity contribution in [2.45, 2.75) is 31.8 Å². The summed E-state index contributed by atoms with van der Waals surface area (Å²) in [5.74, 6) is -3.65. The summed E-state index contributed by atoms with van der Waals surface area (Å²) in [6.07, 6.45) is -1.35. The number of benzene rings is 2. The van der Waals surface area contributed by atoms with Crippen molar-refractivity contribution in [1.29, 1.82) is 0 Å². The number of piperidine rings is 1. The number of halogens is 3. The second-order valence-corrected chi connectivity index (χ2v) is 7.62. The number of aliphatic hydroxyl groups is 1. The molecule has 3 rings (SSSR count). The Morgan fingerprint density at radius 1 is 1.10 bits per heavy atom. The highest BCUT2D eigenvalue weighted by Crippen LogP contribution is 2.35. The second kappa shape index (κ2) is 8.87. The minimum Gasteiger partial charge on any atom is -0.481 e. The zero-order valence-corrected chi connectivity index (χ0v) is 16.2. The van der Waals surface area contributed by atoms with E-state index in [1.54, 1.807) is 6.07 Å². The molecule has 0 saturated carbocycles. The van der Waals surface area contributed by atoms with Gasteiger partial charge in [0.15, 0.2) is 0 Å². The third-order valence-electron chi connectivity index (χ3n) is 5.59. The molecular weight excluding hydrogens is 399 g/mol. The average Bonchev–Trinajstić information content (AvgIpc) is 2.68. The van der Waals surface area contributed by atoms with Crippen molar-refractivity contribution in [3.8, 4) is 0 Å². The first-order valence-corrected chi connectivity index (χ1v) is 9.59. The molecule has 0 spiro atoms. The Balaban J connectivity index is 1.74. The zero-order chi connectivity index (χ0) is 21.9. The van der Waals surface area contributed by atoms with E-state index >= 15 is 0 Å². The topological polar surface area (TPSA) is 77.8 Å². The lowest BCUT2D eigenvalue weighted by atomic mass is 9.72. The first-order valence-electron chi connectivity index (χ1n) is 9.59. The van der Waals surface area contributed by atoms with Crippen LogP contribution in [0.15, 0.2) is 42.5 Å². The average molecular weight is 421 g/mol. The summed E-state index contributed by atoms with van der Waals surface area (Å²) in [7, 11) is 0. The fraction of sp³-hybridized carbons (Fsp3) is 0.364. The number of likely N-dealkylation sites (tertiary alicyclic amines) is 1. The second-order valence-electron chi connectivity index (χ2n) is 7.62. The minimum atomic E-state index is -1.68. The standard InChI is InChI=1S/C22H22F3NO4/c23-16-3-1-2-14(10-16)12-22(21(29)30)13-26(9-8-19(22)27)20(28)7-5-15-4-6-17(24)11-18(15)25/h1-4,6,10-11,19,27H,5,7-9,12-13H2,(H,29,30)/t19-,22-/m1/s1. The van der Waals surface area contributed by atoms with Gasteiger partial charge in [0, 0.05) is 25.6 Å². The third kappa shape index (κ3) is 4.64. The molecule has 0 bridgehead atoms. The van der Waals surface area contributed by atoms with E-state index in [-0.39, 0.29) is 44.3 Å². The molecule has 1 amide bonds. The quantitative estimate of drug-likeness (QED) is 0.752. The summed E-state index contributed by atoms with van der Waals surface area (Å²) >= 11 is 0. The summed E-state index contributed by atoms with van der Waals surface area (Å²) in [6.45, 7) is -0.0885. The van der Waals surface area contributed by atoms with E-state index in [0.29, 0.717) is 5.56 Å². The number of amides is 1. The molecule has 0 unspecified atom stereocenters. The Kier molecular flexibility index (Phi) is 6.45. The maximum absolute atomic E-state index is 13.8. The molecule has 1 aliphatic rings. The van der Waals surface area contributed by atoms with Crippen molar-refractivity contribution in [3.63, 3.8) is 0 Å². The molecule has 160 valence electrons. The highest BCUT2D eigenvalue weighted by Gasteiger charge is 2.50. The molecule has 1 fully saturated rings. The van der Waals surface area contributed by atoms with Crippen molar-refractivity contribution in [2.24, 2.45) is 5.41 Å². The summed E-state index contributed by atoms with van der Waals surface area (Å²) < 4.78 is 40.4. The number of carboxylic acid groups (broad SMARTS) is 1. The lowest BCUT2D eigenvalue weighted by Gasteiger charge is -2.43. The van der Waals surface area contributed by atoms with E-state index in [1.165, 1.54) is 29.2 Å². The molecular formula is C22H22F3NO4. The molecule has 1 saturated heterocycles. The predicted molar refractivity (Wildman–Crippen MR) is 102 cm³/mol. The fourth-order valence-corrected chi connectivity index (χ4v) is 3.89. The van der Waals surface area contributed by atoms with Crippen molar-refractivity contribution in [1.82, 2.24) is 4.90 Å². The van der Waals surface area contributed by atoms with Gasteiger partial charge in [-0.05, 0) is 48.6 Å². The van der Waals surface area contributed by atoms with Crippen molar-refractivity contribution in [2.75, 3.05) is 13.1 Å². The number of carboxylic acids is 1. The number of carbonyl (C=O) groups is 2. The Hall–Kier alpha value is -2.87. The molecule has 0 aliphatic carbocycles. The van der Waals surface area contributed by atoms with E-state index in [1.807, 2.05) is 0 Å². The first kappa shape index (κ1) is 21.8. The molecule has 2 atom stereocenters. The summed E-state index contributed by atoms with van der Waals surface area (Å²) in [5, 5.41) is 20.4. The Morgan fingerprint density at radius 3 is 2.50 bits per heavy atom. The minimum absolute atomic E-state index is 0.0357. The largest absolute Gasteiger partial charge is 0.481 e. The monoisotopic (exact) mass is 421 g/mol. The Bertz CT molecular complexity index is 952. The van der Waals surface area contributed by atoms with Crippen LogP contribution in [-0.4, -0.2) is 46.2 Å². The van der Waals surface area contributed by atoms with Gasteiger partial charge in [-0.1, -0.05) is 18.2 Å². The van der Waals surface area contributed by atoms with E-state index in [9.17, 15) is 33.0 Å². The molecule has 0 aromatic heterocycles. The number of rotatable bonds is 6. The molecule has 30 heavy (non-hydrogen) atoms. The van der Waals surface area contributed by atoms with E-state index in [0.717, 1.165) is 12.1 Å². The van der Waals surface area contributed by atoms with Crippen molar-refractivity contribution < 1.29 is 33.0 Å². The number of nitrogens with zero attached hydrogens (tertiary/aromatic N) is 1. The van der Waals surface area contributed by atoms with E-state index in [4.69, 9.17) is 0 Å². The van der Waals surface area contributed by atoms with Gasteiger partial charge in [0.1, 0.15) is 22.9 Å². The number of hydrogen-bond acceptors (Lipinski definition) is 3. The highest BCUT2D eigenvalue weighted by molar-refractivity contribution is 5.80. The molecule has 2 aromatic rings. The predicted octanol–water partition coefficient (Wildman–Crippen LogP) is 2.94. The number of carbonyl (C=O) groups excluding carboxylic acids is 1. The van der Waals surface area contributed by atoms with Gasteiger partial charge in [0.25, 0.3) is 0 Å².